The van der Waals surface area contributed by atoms with Crippen molar-refractivity contribution >= 4 is 5.97 Å². The largest absolute Gasteiger partial charge is 0.544 e. The Labute approximate surface area is 79.2 Å². The number of aliphatic carboxylic acids is 1. The molecule has 0 radical (unpaired) electrons. The summed E-state index contributed by atoms with van der Waals surface area (Å²) in [7, 11) is 0. The van der Waals surface area contributed by atoms with Crippen LogP contribution in [0.3, 0.4) is 0 Å². The molecule has 0 saturated carbocycles. The molecule has 0 heterocycles. The molecule has 5 heteroatoms. The number of hydrogen-bond donors (Lipinski definition) is 1. The molecular weight excluding hydrogens is 192 g/mol. The molecule has 0 unspecified atom stereocenters. The molecule has 14 heavy (non-hydrogen) atoms. The zero-order valence-electron chi connectivity index (χ0n) is 7.30. The molecule has 1 atom stereocenters. The lowest BCUT2D eigenvalue weighted by Crippen LogP contribution is -2.69. The van der Waals surface area contributed by atoms with Gasteiger partial charge in [0.05, 0.1) is 5.97 Å². The van der Waals surface area contributed by atoms with Crippen LogP contribution in [-0.4, -0.2) is 12.0 Å². The summed E-state index contributed by atoms with van der Waals surface area (Å²) in [5.41, 5.74) is 3.25. The minimum absolute atomic E-state index is 0.00537. The summed E-state index contributed by atoms with van der Waals surface area (Å²) in [6, 6.07) is 1.80. The molecule has 0 bridgehead atoms. The van der Waals surface area contributed by atoms with Crippen LogP contribution in [0, 0.1) is 11.6 Å². The molecule has 0 aliphatic heterocycles. The maximum atomic E-state index is 13.0. The van der Waals surface area contributed by atoms with Crippen molar-refractivity contribution in [2.24, 2.45) is 0 Å². The van der Waals surface area contributed by atoms with Crippen LogP contribution < -0.4 is 10.8 Å². The van der Waals surface area contributed by atoms with Crippen LogP contribution in [0.15, 0.2) is 18.2 Å². The fourth-order valence-electron chi connectivity index (χ4n) is 1.05. The van der Waals surface area contributed by atoms with E-state index in [-0.39, 0.29) is 12.0 Å². The molecule has 0 fully saturated rings. The number of rotatable bonds is 3. The highest BCUT2D eigenvalue weighted by Gasteiger charge is 2.12. The normalized spacial score (nSPS) is 12.5. The summed E-state index contributed by atoms with van der Waals surface area (Å²) < 4.78 is 25.6. The second-order valence-electron chi connectivity index (χ2n) is 2.96. The SMILES string of the molecule is [NH3+][C@H](Cc1cc(F)ccc1F)C(=O)[O-]. The fraction of sp³-hybridized carbons (Fsp3) is 0.222. The molecule has 3 nitrogen and oxygen atoms in total. The predicted octanol–water partition coefficient (Wildman–Crippen LogP) is -1.13. The zero-order chi connectivity index (χ0) is 10.7. The van der Waals surface area contributed by atoms with Crippen LogP contribution in [0.2, 0.25) is 0 Å². The number of quaternary nitrogens is 1. The van der Waals surface area contributed by atoms with Gasteiger partial charge in [-0.25, -0.2) is 8.78 Å². The Morgan fingerprint density at radius 1 is 1.50 bits per heavy atom. The number of carbonyl (C=O) groups is 1. The van der Waals surface area contributed by atoms with Crippen LogP contribution in [0.5, 0.6) is 0 Å². The van der Waals surface area contributed by atoms with Gasteiger partial charge in [-0.05, 0) is 23.8 Å². The molecule has 0 amide bonds. The van der Waals surface area contributed by atoms with Gasteiger partial charge in [0.25, 0.3) is 0 Å². The van der Waals surface area contributed by atoms with Crippen LogP contribution in [0.1, 0.15) is 5.56 Å². The van der Waals surface area contributed by atoms with E-state index in [0.29, 0.717) is 0 Å². The van der Waals surface area contributed by atoms with E-state index in [0.717, 1.165) is 18.2 Å². The minimum Gasteiger partial charge on any atom is -0.544 e. The van der Waals surface area contributed by atoms with E-state index in [1.54, 1.807) is 0 Å². The van der Waals surface area contributed by atoms with Gasteiger partial charge in [0, 0.05) is 6.42 Å². The second kappa shape index (κ2) is 4.15. The highest BCUT2D eigenvalue weighted by molar-refractivity contribution is 5.69. The molecule has 1 aromatic carbocycles. The number of carbonyl (C=O) groups excluding carboxylic acids is 1. The van der Waals surface area contributed by atoms with Gasteiger partial charge >= 0.3 is 0 Å². The van der Waals surface area contributed by atoms with E-state index in [4.69, 9.17) is 0 Å². The number of benzene rings is 1. The van der Waals surface area contributed by atoms with Crippen molar-refractivity contribution in [2.75, 3.05) is 0 Å². The van der Waals surface area contributed by atoms with Gasteiger partial charge in [-0.3, -0.25) is 0 Å². The Kier molecular flexibility index (Phi) is 3.14. The van der Waals surface area contributed by atoms with E-state index >= 15 is 0 Å². The summed E-state index contributed by atoms with van der Waals surface area (Å²) in [6.45, 7) is 0. The topological polar surface area (TPSA) is 67.8 Å². The van der Waals surface area contributed by atoms with Gasteiger partial charge in [0.1, 0.15) is 17.7 Å². The number of hydrogen-bond acceptors (Lipinski definition) is 2. The summed E-state index contributed by atoms with van der Waals surface area (Å²) >= 11 is 0. The Bertz CT molecular complexity index is 355. The molecule has 0 saturated heterocycles. The number of halogens is 2. The Morgan fingerprint density at radius 3 is 2.71 bits per heavy atom. The molecule has 0 spiro atoms. The summed E-state index contributed by atoms with van der Waals surface area (Å²) in [4.78, 5) is 10.3. The molecule has 0 aromatic heterocycles. The lowest BCUT2D eigenvalue weighted by atomic mass is 10.1. The minimum atomic E-state index is -1.38. The first-order valence-electron chi connectivity index (χ1n) is 3.98. The Hall–Kier alpha value is -1.49. The maximum absolute atomic E-state index is 13.0. The van der Waals surface area contributed by atoms with E-state index < -0.39 is 23.6 Å². The van der Waals surface area contributed by atoms with Crippen molar-refractivity contribution in [1.82, 2.24) is 0 Å². The zero-order valence-corrected chi connectivity index (χ0v) is 7.30. The van der Waals surface area contributed by atoms with Gasteiger partial charge in [-0.1, -0.05) is 0 Å². The average molecular weight is 201 g/mol. The first-order valence-corrected chi connectivity index (χ1v) is 3.98. The lowest BCUT2D eigenvalue weighted by molar-refractivity contribution is -0.437. The second-order valence-corrected chi connectivity index (χ2v) is 2.96. The van der Waals surface area contributed by atoms with Gasteiger partial charge < -0.3 is 15.6 Å². The van der Waals surface area contributed by atoms with Crippen molar-refractivity contribution in [1.29, 1.82) is 0 Å². The van der Waals surface area contributed by atoms with Crippen LogP contribution >= 0.6 is 0 Å². The third kappa shape index (κ3) is 2.50. The molecule has 76 valence electrons. The molecule has 1 rings (SSSR count). The van der Waals surface area contributed by atoms with Gasteiger partial charge in [-0.2, -0.15) is 0 Å². The van der Waals surface area contributed by atoms with Crippen LogP contribution in [-0.2, 0) is 11.2 Å². The van der Waals surface area contributed by atoms with Crippen molar-refractivity contribution in [2.45, 2.75) is 12.5 Å². The Balaban J connectivity index is 2.85. The monoisotopic (exact) mass is 201 g/mol. The highest BCUT2D eigenvalue weighted by Crippen LogP contribution is 2.10. The van der Waals surface area contributed by atoms with Crippen molar-refractivity contribution in [3.05, 3.63) is 35.4 Å². The first kappa shape index (κ1) is 10.6. The summed E-state index contributed by atoms with van der Waals surface area (Å²) in [6.07, 6.45) is -0.175. The van der Waals surface area contributed by atoms with E-state index in [2.05, 4.69) is 5.73 Å². The van der Waals surface area contributed by atoms with E-state index in [9.17, 15) is 18.7 Å². The molecule has 3 N–H and O–H groups in total. The maximum Gasteiger partial charge on any atom is 0.129 e. The molecular formula is C9H9F2NO2. The fourth-order valence-corrected chi connectivity index (χ4v) is 1.05. The van der Waals surface area contributed by atoms with Crippen LogP contribution in [0.25, 0.3) is 0 Å². The first-order chi connectivity index (χ1) is 6.50. The van der Waals surface area contributed by atoms with E-state index in [1.807, 2.05) is 0 Å². The Morgan fingerprint density at radius 2 is 2.14 bits per heavy atom. The standard InChI is InChI=1S/C9H9F2NO2/c10-6-1-2-7(11)5(3-6)4-8(12)9(13)14/h1-3,8H,4,12H2,(H,13,14)/t8-/m1/s1. The number of carboxylic acids is 1. The van der Waals surface area contributed by atoms with Crippen molar-refractivity contribution in [3.8, 4) is 0 Å². The van der Waals surface area contributed by atoms with Crippen molar-refractivity contribution < 1.29 is 24.4 Å². The van der Waals surface area contributed by atoms with Gasteiger partial charge in [-0.15, -0.1) is 0 Å². The quantitative estimate of drug-likeness (QED) is 0.672. The van der Waals surface area contributed by atoms with Crippen LogP contribution in [0.4, 0.5) is 8.78 Å². The number of carboxylic acid groups (broad SMARTS) is 1. The smallest absolute Gasteiger partial charge is 0.129 e. The molecule has 0 aliphatic rings. The summed E-state index contributed by atoms with van der Waals surface area (Å²) in [5.74, 6) is -2.62. The third-order valence-electron chi connectivity index (χ3n) is 1.81. The average Bonchev–Trinajstić information content (AvgIpc) is 2.11. The van der Waals surface area contributed by atoms with Gasteiger partial charge in [0.2, 0.25) is 0 Å². The van der Waals surface area contributed by atoms with Gasteiger partial charge in [0.15, 0.2) is 0 Å². The predicted molar refractivity (Wildman–Crippen MR) is 41.7 cm³/mol. The van der Waals surface area contributed by atoms with E-state index in [1.165, 1.54) is 0 Å². The highest BCUT2D eigenvalue weighted by atomic mass is 19.1. The molecule has 0 aliphatic carbocycles. The summed E-state index contributed by atoms with van der Waals surface area (Å²) in [5, 5.41) is 10.3. The molecule has 1 aromatic rings. The lowest BCUT2D eigenvalue weighted by Gasteiger charge is -2.09. The van der Waals surface area contributed by atoms with Crippen molar-refractivity contribution in [3.63, 3.8) is 0 Å². The third-order valence-corrected chi connectivity index (χ3v) is 1.81.